The van der Waals surface area contributed by atoms with Crippen molar-refractivity contribution in [2.24, 2.45) is 0 Å². The van der Waals surface area contributed by atoms with E-state index < -0.39 is 11.6 Å². The molecular weight excluding hydrogens is 357 g/mol. The smallest absolute Gasteiger partial charge is 0.259 e. The Labute approximate surface area is 152 Å². The number of carbonyl (C=O) groups is 1. The van der Waals surface area contributed by atoms with Crippen molar-refractivity contribution in [2.75, 3.05) is 4.90 Å². The molecular formula is C17H16FN5O2S. The first-order valence-electron chi connectivity index (χ1n) is 8.07. The first kappa shape index (κ1) is 16.8. The number of alkyl halides is 1. The Bertz CT molecular complexity index is 981. The minimum atomic E-state index is -1.32. The van der Waals surface area contributed by atoms with E-state index >= 15 is 0 Å². The second-order valence-corrected chi connectivity index (χ2v) is 7.70. The standard InChI is InChI=1S/C17H16FN5O2S/c1-9(18)14-21-22-15(25-14)12-7-20-13(26-12)8-23-11-6-19-5-4-10(11)17(2,3)16(23)24/h4-7,9H,8H2,1-3H3. The van der Waals surface area contributed by atoms with Crippen LogP contribution in [0.5, 0.6) is 0 Å². The highest BCUT2D eigenvalue weighted by Gasteiger charge is 2.44. The summed E-state index contributed by atoms with van der Waals surface area (Å²) in [6.07, 6.45) is 3.66. The largest absolute Gasteiger partial charge is 0.417 e. The molecule has 0 aromatic carbocycles. The van der Waals surface area contributed by atoms with Gasteiger partial charge >= 0.3 is 0 Å². The van der Waals surface area contributed by atoms with Gasteiger partial charge in [0.05, 0.1) is 30.0 Å². The van der Waals surface area contributed by atoms with Gasteiger partial charge in [0.25, 0.3) is 11.8 Å². The molecule has 1 atom stereocenters. The Morgan fingerprint density at radius 2 is 2.15 bits per heavy atom. The molecule has 3 aromatic heterocycles. The van der Waals surface area contributed by atoms with Crippen molar-refractivity contribution in [3.63, 3.8) is 0 Å². The fourth-order valence-electron chi connectivity index (χ4n) is 2.96. The number of halogens is 1. The third-order valence-electron chi connectivity index (χ3n) is 4.38. The number of nitrogens with zero attached hydrogens (tertiary/aromatic N) is 5. The van der Waals surface area contributed by atoms with E-state index in [-0.39, 0.29) is 17.7 Å². The highest BCUT2D eigenvalue weighted by atomic mass is 32.1. The van der Waals surface area contributed by atoms with Crippen LogP contribution in [0.4, 0.5) is 10.1 Å². The van der Waals surface area contributed by atoms with Crippen LogP contribution in [0, 0.1) is 0 Å². The lowest BCUT2D eigenvalue weighted by molar-refractivity contribution is -0.122. The summed E-state index contributed by atoms with van der Waals surface area (Å²) in [6.45, 7) is 5.47. The average molecular weight is 373 g/mol. The fraction of sp³-hybridized carbons (Fsp3) is 0.353. The van der Waals surface area contributed by atoms with Gasteiger partial charge in [-0.1, -0.05) is 0 Å². The topological polar surface area (TPSA) is 85.0 Å². The highest BCUT2D eigenvalue weighted by molar-refractivity contribution is 7.15. The number of carbonyl (C=O) groups excluding carboxylic acids is 1. The highest BCUT2D eigenvalue weighted by Crippen LogP contribution is 2.42. The number of fused-ring (bicyclic) bond motifs is 1. The predicted octanol–water partition coefficient (Wildman–Crippen LogP) is 3.44. The lowest BCUT2D eigenvalue weighted by atomic mass is 9.87. The summed E-state index contributed by atoms with van der Waals surface area (Å²) in [5.74, 6) is 0.165. The molecule has 4 heterocycles. The van der Waals surface area contributed by atoms with Gasteiger partial charge in [-0.15, -0.1) is 21.5 Å². The SMILES string of the molecule is CC(F)c1nnc(-c2cnc(CN3C(=O)C(C)(C)c4ccncc43)s2)o1. The van der Waals surface area contributed by atoms with Gasteiger partial charge in [0, 0.05) is 6.20 Å². The van der Waals surface area contributed by atoms with E-state index in [4.69, 9.17) is 4.42 Å². The average Bonchev–Trinajstić information content (AvgIpc) is 3.31. The first-order chi connectivity index (χ1) is 12.4. The van der Waals surface area contributed by atoms with Crippen LogP contribution in [0.3, 0.4) is 0 Å². The van der Waals surface area contributed by atoms with Gasteiger partial charge in [-0.2, -0.15) is 0 Å². The van der Waals surface area contributed by atoms with E-state index in [1.54, 1.807) is 23.5 Å². The van der Waals surface area contributed by atoms with Crippen molar-refractivity contribution < 1.29 is 13.6 Å². The molecule has 0 aliphatic carbocycles. The third-order valence-corrected chi connectivity index (χ3v) is 5.35. The monoisotopic (exact) mass is 373 g/mol. The molecule has 0 bridgehead atoms. The zero-order chi connectivity index (χ0) is 18.5. The molecule has 0 saturated heterocycles. The molecule has 1 aliphatic heterocycles. The molecule has 7 nitrogen and oxygen atoms in total. The van der Waals surface area contributed by atoms with Gasteiger partial charge in [-0.05, 0) is 32.4 Å². The van der Waals surface area contributed by atoms with Crippen LogP contribution in [-0.2, 0) is 16.8 Å². The number of anilines is 1. The van der Waals surface area contributed by atoms with Crippen molar-refractivity contribution in [1.82, 2.24) is 20.2 Å². The van der Waals surface area contributed by atoms with Gasteiger partial charge in [0.2, 0.25) is 5.91 Å². The van der Waals surface area contributed by atoms with Gasteiger partial charge < -0.3 is 9.32 Å². The minimum Gasteiger partial charge on any atom is -0.417 e. The van der Waals surface area contributed by atoms with Crippen molar-refractivity contribution >= 4 is 22.9 Å². The lowest BCUT2D eigenvalue weighted by Crippen LogP contribution is -2.35. The Morgan fingerprint density at radius 1 is 1.35 bits per heavy atom. The van der Waals surface area contributed by atoms with Crippen LogP contribution in [-0.4, -0.2) is 26.1 Å². The van der Waals surface area contributed by atoms with Gasteiger partial charge in [-0.25, -0.2) is 9.37 Å². The molecule has 3 aromatic rings. The number of hydrogen-bond acceptors (Lipinski definition) is 7. The van der Waals surface area contributed by atoms with Crippen molar-refractivity contribution in [3.8, 4) is 10.8 Å². The second kappa shape index (κ2) is 5.94. The summed E-state index contributed by atoms with van der Waals surface area (Å²) >= 11 is 1.33. The van der Waals surface area contributed by atoms with E-state index in [9.17, 15) is 9.18 Å². The first-order valence-corrected chi connectivity index (χ1v) is 8.88. The molecule has 0 N–H and O–H groups in total. The number of aromatic nitrogens is 4. The van der Waals surface area contributed by atoms with Crippen LogP contribution >= 0.6 is 11.3 Å². The molecule has 0 radical (unpaired) electrons. The Hall–Kier alpha value is -2.68. The van der Waals surface area contributed by atoms with Crippen molar-refractivity contribution in [2.45, 2.75) is 38.9 Å². The Balaban J connectivity index is 1.61. The normalized spacial score (nSPS) is 16.8. The van der Waals surface area contributed by atoms with Gasteiger partial charge in [0.15, 0.2) is 6.17 Å². The van der Waals surface area contributed by atoms with Crippen LogP contribution < -0.4 is 4.90 Å². The van der Waals surface area contributed by atoms with Crippen LogP contribution in [0.2, 0.25) is 0 Å². The molecule has 1 amide bonds. The Morgan fingerprint density at radius 3 is 2.88 bits per heavy atom. The van der Waals surface area contributed by atoms with Crippen molar-refractivity contribution in [3.05, 3.63) is 41.1 Å². The molecule has 0 fully saturated rings. The fourth-order valence-corrected chi connectivity index (χ4v) is 3.79. The minimum absolute atomic E-state index is 0.00332. The number of pyridine rings is 1. The molecule has 9 heteroatoms. The molecule has 0 spiro atoms. The van der Waals surface area contributed by atoms with E-state index in [1.165, 1.54) is 18.3 Å². The zero-order valence-electron chi connectivity index (χ0n) is 14.4. The van der Waals surface area contributed by atoms with Crippen LogP contribution in [0.15, 0.2) is 29.1 Å². The second-order valence-electron chi connectivity index (χ2n) is 6.59. The third kappa shape index (κ3) is 2.59. The number of thiazole rings is 1. The zero-order valence-corrected chi connectivity index (χ0v) is 15.2. The van der Waals surface area contributed by atoms with Crippen LogP contribution in [0.1, 0.15) is 43.4 Å². The van der Waals surface area contributed by atoms with E-state index in [0.29, 0.717) is 16.4 Å². The van der Waals surface area contributed by atoms with E-state index in [0.717, 1.165) is 11.3 Å². The van der Waals surface area contributed by atoms with E-state index in [2.05, 4.69) is 20.2 Å². The van der Waals surface area contributed by atoms with Crippen molar-refractivity contribution in [1.29, 1.82) is 0 Å². The van der Waals surface area contributed by atoms with Crippen LogP contribution in [0.25, 0.3) is 10.8 Å². The molecule has 1 unspecified atom stereocenters. The summed E-state index contributed by atoms with van der Waals surface area (Å²) in [7, 11) is 0. The number of hydrogen-bond donors (Lipinski definition) is 0. The quantitative estimate of drug-likeness (QED) is 0.696. The van der Waals surface area contributed by atoms with Gasteiger partial charge in [0.1, 0.15) is 9.88 Å². The molecule has 26 heavy (non-hydrogen) atoms. The number of rotatable bonds is 4. The molecule has 0 saturated carbocycles. The molecule has 1 aliphatic rings. The molecule has 4 rings (SSSR count). The maximum atomic E-state index is 13.2. The summed E-state index contributed by atoms with van der Waals surface area (Å²) in [5, 5.41) is 8.25. The lowest BCUT2D eigenvalue weighted by Gasteiger charge is -2.19. The van der Waals surface area contributed by atoms with E-state index in [1.807, 2.05) is 19.9 Å². The summed E-state index contributed by atoms with van der Waals surface area (Å²) in [5.41, 5.74) is 1.15. The Kier molecular flexibility index (Phi) is 3.83. The summed E-state index contributed by atoms with van der Waals surface area (Å²) in [6, 6.07) is 1.87. The predicted molar refractivity (Wildman–Crippen MR) is 93.4 cm³/mol. The summed E-state index contributed by atoms with van der Waals surface area (Å²) in [4.78, 5) is 23.6. The maximum Gasteiger partial charge on any atom is 0.259 e. The number of amides is 1. The molecule has 134 valence electrons. The summed E-state index contributed by atoms with van der Waals surface area (Å²) < 4.78 is 18.5. The van der Waals surface area contributed by atoms with Gasteiger partial charge in [-0.3, -0.25) is 9.78 Å². The maximum absolute atomic E-state index is 13.2.